The lowest BCUT2D eigenvalue weighted by Crippen LogP contribution is -2.48. The van der Waals surface area contributed by atoms with Crippen molar-refractivity contribution in [1.82, 2.24) is 0 Å². The molecule has 4 aliphatic rings. The first kappa shape index (κ1) is 20.6. The van der Waals surface area contributed by atoms with Crippen LogP contribution in [0.5, 0.6) is 5.75 Å². The molecular weight excluding hydrogens is 419 g/mol. The predicted molar refractivity (Wildman–Crippen MR) is 116 cm³/mol. The lowest BCUT2D eigenvalue weighted by atomic mass is 9.85. The first-order valence-electron chi connectivity index (χ1n) is 10.8. The average molecular weight is 445 g/mol. The molecule has 31 heavy (non-hydrogen) atoms. The molecule has 2 N–H and O–H groups in total. The number of nitriles is 1. The van der Waals surface area contributed by atoms with Gasteiger partial charge in [-0.3, -0.25) is 9.59 Å². The molecule has 1 aromatic carbocycles. The highest BCUT2D eigenvalue weighted by atomic mass is 32.2. The highest BCUT2D eigenvalue weighted by Gasteiger charge is 2.57. The van der Waals surface area contributed by atoms with Crippen LogP contribution in [0.2, 0.25) is 0 Å². The van der Waals surface area contributed by atoms with Crippen molar-refractivity contribution in [2.24, 2.45) is 17.6 Å². The van der Waals surface area contributed by atoms with Crippen LogP contribution in [-0.4, -0.2) is 55.0 Å². The molecule has 0 aromatic heterocycles. The smallest absolute Gasteiger partial charge is 0.178 e. The Morgan fingerprint density at radius 1 is 1.32 bits per heavy atom. The molecule has 0 radical (unpaired) electrons. The topological polar surface area (TPSA) is 99.7 Å². The van der Waals surface area contributed by atoms with E-state index in [0.717, 1.165) is 25.7 Å². The van der Waals surface area contributed by atoms with E-state index in [-0.39, 0.29) is 23.3 Å². The minimum atomic E-state index is -0.936. The van der Waals surface area contributed by atoms with Crippen molar-refractivity contribution in [2.75, 3.05) is 36.5 Å². The highest BCUT2D eigenvalue weighted by Crippen LogP contribution is 2.55. The van der Waals surface area contributed by atoms with E-state index in [0.29, 0.717) is 36.8 Å². The first-order valence-corrected chi connectivity index (χ1v) is 11.7. The van der Waals surface area contributed by atoms with E-state index in [4.69, 9.17) is 10.5 Å². The fraction of sp³-hybridized carbons (Fsp3) is 0.591. The average Bonchev–Trinajstić information content (AvgIpc) is 3.56. The zero-order chi connectivity index (χ0) is 21.9. The summed E-state index contributed by atoms with van der Waals surface area (Å²) in [6, 6.07) is 3.44. The summed E-state index contributed by atoms with van der Waals surface area (Å²) in [5, 5.41) is 8.08. The fourth-order valence-electron chi connectivity index (χ4n) is 5.20. The third-order valence-electron chi connectivity index (χ3n) is 6.82. The number of halogens is 1. The second-order valence-electron chi connectivity index (χ2n) is 8.74. The number of methoxy groups -OCH3 is 1. The Hall–Kier alpha value is -2.31. The number of nitrogens with zero attached hydrogens (tertiary/aromatic N) is 3. The molecule has 0 amide bonds. The molecule has 164 valence electrons. The number of Topliss-reactive ketones (excluding diaryl/α,β-unsaturated/α-hetero) is 2. The molecule has 0 spiro atoms. The summed E-state index contributed by atoms with van der Waals surface area (Å²) >= 11 is 1.23. The van der Waals surface area contributed by atoms with Crippen molar-refractivity contribution >= 4 is 34.7 Å². The number of nitrogens with two attached hydrogens (primary N) is 1. The quantitative estimate of drug-likeness (QED) is 0.707. The Balaban J connectivity index is 1.67. The third kappa shape index (κ3) is 3.11. The third-order valence-corrected chi connectivity index (χ3v) is 8.21. The van der Waals surface area contributed by atoms with Crippen LogP contribution in [0.3, 0.4) is 0 Å². The van der Waals surface area contributed by atoms with Crippen LogP contribution in [0.25, 0.3) is 0 Å². The molecule has 4 unspecified atom stereocenters. The number of hydrogen-bond acceptors (Lipinski definition) is 8. The number of anilines is 2. The van der Waals surface area contributed by atoms with E-state index < -0.39 is 28.1 Å². The molecule has 2 saturated heterocycles. The van der Waals surface area contributed by atoms with Gasteiger partial charge in [0.2, 0.25) is 0 Å². The zero-order valence-electron chi connectivity index (χ0n) is 17.3. The van der Waals surface area contributed by atoms with Crippen molar-refractivity contribution in [3.05, 3.63) is 17.4 Å². The normalized spacial score (nSPS) is 30.1. The number of fused-ring (bicyclic) bond motifs is 2. The molecule has 1 aliphatic carbocycles. The minimum absolute atomic E-state index is 0.155. The standard InChI is InChI=1S/C22H25FN4O3S/c1-30-21-17-13(7-14(23)18(21)26-6-2-3-11(8-24)10-26)19(28)16-20(29)15(9-25)31-22(16)27(17)12-4-5-12/h7,11-12,15-16,22H,2-6,8,10,24H2,1H3. The highest BCUT2D eigenvalue weighted by molar-refractivity contribution is 8.02. The van der Waals surface area contributed by atoms with Crippen LogP contribution in [0.15, 0.2) is 6.07 Å². The van der Waals surface area contributed by atoms with Gasteiger partial charge in [-0.2, -0.15) is 5.26 Å². The van der Waals surface area contributed by atoms with Crippen LogP contribution in [-0.2, 0) is 4.79 Å². The second-order valence-corrected chi connectivity index (χ2v) is 9.97. The first-order chi connectivity index (χ1) is 15.0. The van der Waals surface area contributed by atoms with Gasteiger partial charge in [0, 0.05) is 24.7 Å². The van der Waals surface area contributed by atoms with Crippen LogP contribution in [0.4, 0.5) is 15.8 Å². The number of benzene rings is 1. The number of ether oxygens (including phenoxy) is 1. The van der Waals surface area contributed by atoms with Crippen LogP contribution >= 0.6 is 11.8 Å². The minimum Gasteiger partial charge on any atom is -0.492 e. The van der Waals surface area contributed by atoms with Gasteiger partial charge >= 0.3 is 0 Å². The lowest BCUT2D eigenvalue weighted by Gasteiger charge is -2.41. The molecule has 3 aliphatic heterocycles. The SMILES string of the molecule is COc1c(N2CCCC(CN)C2)c(F)cc2c1N(C1CC1)C1SC(C#N)C(=O)C1C2=O. The summed E-state index contributed by atoms with van der Waals surface area (Å²) in [5.41, 5.74) is 7.00. The Morgan fingerprint density at radius 3 is 2.74 bits per heavy atom. The van der Waals surface area contributed by atoms with Crippen molar-refractivity contribution in [2.45, 2.75) is 42.3 Å². The van der Waals surface area contributed by atoms with Gasteiger partial charge in [-0.25, -0.2) is 4.39 Å². The molecule has 9 heteroatoms. The number of carbonyl (C=O) groups excluding carboxylic acids is 2. The van der Waals surface area contributed by atoms with E-state index in [9.17, 15) is 14.9 Å². The van der Waals surface area contributed by atoms with E-state index in [1.807, 2.05) is 11.0 Å². The zero-order valence-corrected chi connectivity index (χ0v) is 18.2. The van der Waals surface area contributed by atoms with E-state index in [1.54, 1.807) is 0 Å². The molecule has 1 saturated carbocycles. The summed E-state index contributed by atoms with van der Waals surface area (Å²) < 4.78 is 21.2. The van der Waals surface area contributed by atoms with Crippen LogP contribution in [0, 0.1) is 29.0 Å². The van der Waals surface area contributed by atoms with Gasteiger partial charge < -0.3 is 20.3 Å². The summed E-state index contributed by atoms with van der Waals surface area (Å²) in [7, 11) is 1.50. The molecule has 0 bridgehead atoms. The Labute approximate surface area is 184 Å². The van der Waals surface area contributed by atoms with Crippen LogP contribution in [0.1, 0.15) is 36.0 Å². The maximum absolute atomic E-state index is 15.5. The summed E-state index contributed by atoms with van der Waals surface area (Å²) in [5.74, 6) is -1.61. The molecular formula is C22H25FN4O3S. The Bertz CT molecular complexity index is 992. The van der Waals surface area contributed by atoms with E-state index in [1.165, 1.54) is 24.9 Å². The number of piperidine rings is 1. The number of carbonyl (C=O) groups is 2. The monoisotopic (exact) mass is 444 g/mol. The van der Waals surface area contributed by atoms with Gasteiger partial charge in [0.15, 0.2) is 28.4 Å². The molecule has 4 atom stereocenters. The maximum Gasteiger partial charge on any atom is 0.178 e. The maximum atomic E-state index is 15.5. The Kier molecular flexibility index (Phi) is 5.10. The van der Waals surface area contributed by atoms with Gasteiger partial charge in [-0.1, -0.05) is 0 Å². The van der Waals surface area contributed by atoms with Gasteiger partial charge in [0.1, 0.15) is 11.6 Å². The van der Waals surface area contributed by atoms with E-state index in [2.05, 4.69) is 4.90 Å². The fourth-order valence-corrected chi connectivity index (χ4v) is 6.65. The molecule has 7 nitrogen and oxygen atoms in total. The largest absolute Gasteiger partial charge is 0.492 e. The number of thioether (sulfide) groups is 1. The Morgan fingerprint density at radius 2 is 2.10 bits per heavy atom. The van der Waals surface area contributed by atoms with Gasteiger partial charge in [0.05, 0.1) is 24.2 Å². The molecule has 1 aromatic rings. The summed E-state index contributed by atoms with van der Waals surface area (Å²) in [4.78, 5) is 30.1. The van der Waals surface area contributed by atoms with Crippen molar-refractivity contribution in [3.63, 3.8) is 0 Å². The summed E-state index contributed by atoms with van der Waals surface area (Å²) in [6.07, 6.45) is 3.77. The second kappa shape index (κ2) is 7.68. The number of rotatable bonds is 4. The van der Waals surface area contributed by atoms with Crippen LogP contribution < -0.4 is 20.3 Å². The van der Waals surface area contributed by atoms with Crippen molar-refractivity contribution in [1.29, 1.82) is 5.26 Å². The van der Waals surface area contributed by atoms with Crippen molar-refractivity contribution < 1.29 is 18.7 Å². The lowest BCUT2D eigenvalue weighted by molar-refractivity contribution is -0.119. The molecule has 5 rings (SSSR count). The van der Waals surface area contributed by atoms with Gasteiger partial charge in [-0.15, -0.1) is 11.8 Å². The predicted octanol–water partition coefficient (Wildman–Crippen LogP) is 2.32. The molecule has 3 heterocycles. The van der Waals surface area contributed by atoms with Gasteiger partial charge in [-0.05, 0) is 44.2 Å². The number of hydrogen-bond donors (Lipinski definition) is 1. The van der Waals surface area contributed by atoms with Crippen molar-refractivity contribution in [3.8, 4) is 11.8 Å². The van der Waals surface area contributed by atoms with E-state index >= 15 is 4.39 Å². The van der Waals surface area contributed by atoms with Gasteiger partial charge in [0.25, 0.3) is 0 Å². The summed E-state index contributed by atoms with van der Waals surface area (Å²) in [6.45, 7) is 1.86. The number of ketones is 2. The molecule has 3 fully saturated rings.